The Morgan fingerprint density at radius 2 is 1.72 bits per heavy atom. The van der Waals surface area contributed by atoms with Crippen LogP contribution >= 0.6 is 0 Å². The summed E-state index contributed by atoms with van der Waals surface area (Å²) in [5.41, 5.74) is 0.711. The number of benzene rings is 1. The van der Waals surface area contributed by atoms with Gasteiger partial charge in [-0.1, -0.05) is 70.9 Å². The Morgan fingerprint density at radius 1 is 1.08 bits per heavy atom. The van der Waals surface area contributed by atoms with Gasteiger partial charge in [0.05, 0.1) is 0 Å². The minimum absolute atomic E-state index is 0.0951. The van der Waals surface area contributed by atoms with Gasteiger partial charge in [-0.05, 0) is 70.1 Å². The molecular weight excluding hydrogens is 490 g/mol. The smallest absolute Gasteiger partial charge is 0.408 e. The SMILES string of the molecule is C#Cc1ccc(C(C(=O)NC2CCCCC2)N(CCCCC)C(=O)C(CC(C)C)NC(=O)OC(C)(C)C)cc1. The number of nitrogens with zero attached hydrogens (tertiary/aromatic N) is 1. The number of amides is 3. The zero-order valence-electron chi connectivity index (χ0n) is 24.8. The molecule has 1 aromatic rings. The predicted octanol–water partition coefficient (Wildman–Crippen LogP) is 6.12. The number of carbonyl (C=O) groups is 3. The first-order valence-corrected chi connectivity index (χ1v) is 14.6. The van der Waals surface area contributed by atoms with Crippen LogP contribution in [0, 0.1) is 18.3 Å². The first-order valence-electron chi connectivity index (χ1n) is 14.6. The van der Waals surface area contributed by atoms with E-state index in [9.17, 15) is 14.4 Å². The summed E-state index contributed by atoms with van der Waals surface area (Å²) >= 11 is 0. The fourth-order valence-corrected chi connectivity index (χ4v) is 5.00. The van der Waals surface area contributed by atoms with E-state index in [0.717, 1.165) is 44.9 Å². The number of hydrogen-bond acceptors (Lipinski definition) is 4. The highest BCUT2D eigenvalue weighted by atomic mass is 16.6. The zero-order chi connectivity index (χ0) is 29.0. The van der Waals surface area contributed by atoms with Gasteiger partial charge in [0.25, 0.3) is 0 Å². The maximum Gasteiger partial charge on any atom is 0.408 e. The molecule has 0 radical (unpaired) electrons. The lowest BCUT2D eigenvalue weighted by Crippen LogP contribution is -2.54. The first kappa shape index (κ1) is 32.2. The number of unbranched alkanes of at least 4 members (excludes halogenated alkanes) is 2. The molecule has 2 unspecified atom stereocenters. The van der Waals surface area contributed by atoms with E-state index in [1.807, 2.05) is 26.0 Å². The standard InChI is InChI=1S/C32H49N3O4/c1-8-10-14-21-35(30(37)27(22-23(3)4)34-31(38)39-32(5,6)7)28(25-19-17-24(9-2)18-20-25)29(36)33-26-15-12-11-13-16-26/h2,17-20,23,26-28H,8,10-16,21-22H2,1,3-7H3,(H,33,36)(H,34,38). The third-order valence-electron chi connectivity index (χ3n) is 6.89. The Kier molecular flexibility index (Phi) is 12.8. The number of ether oxygens (including phenoxy) is 1. The van der Waals surface area contributed by atoms with Crippen LogP contribution < -0.4 is 10.6 Å². The summed E-state index contributed by atoms with van der Waals surface area (Å²) in [4.78, 5) is 42.6. The number of rotatable bonds is 12. The highest BCUT2D eigenvalue weighted by Gasteiger charge is 2.37. The maximum atomic E-state index is 14.3. The summed E-state index contributed by atoms with van der Waals surface area (Å²) in [7, 11) is 0. The molecule has 1 saturated carbocycles. The molecule has 0 bridgehead atoms. The van der Waals surface area contributed by atoms with Crippen LogP contribution in [0.25, 0.3) is 0 Å². The van der Waals surface area contributed by atoms with E-state index in [1.165, 1.54) is 6.42 Å². The number of nitrogens with one attached hydrogen (secondary N) is 2. The molecule has 39 heavy (non-hydrogen) atoms. The van der Waals surface area contributed by atoms with E-state index in [2.05, 4.69) is 23.5 Å². The topological polar surface area (TPSA) is 87.7 Å². The molecule has 0 aromatic heterocycles. The van der Waals surface area contributed by atoms with Crippen molar-refractivity contribution in [3.63, 3.8) is 0 Å². The molecule has 2 atom stereocenters. The van der Waals surface area contributed by atoms with Crippen LogP contribution in [0.15, 0.2) is 24.3 Å². The molecule has 1 fully saturated rings. The van der Waals surface area contributed by atoms with Crippen LogP contribution in [0.2, 0.25) is 0 Å². The number of hydrogen-bond donors (Lipinski definition) is 2. The minimum atomic E-state index is -0.835. The summed E-state index contributed by atoms with van der Waals surface area (Å²) in [6.45, 7) is 11.9. The quantitative estimate of drug-likeness (QED) is 0.248. The van der Waals surface area contributed by atoms with Crippen molar-refractivity contribution in [3.05, 3.63) is 35.4 Å². The molecule has 3 amide bonds. The van der Waals surface area contributed by atoms with Crippen molar-refractivity contribution in [3.8, 4) is 12.3 Å². The van der Waals surface area contributed by atoms with Gasteiger partial charge in [0.2, 0.25) is 11.8 Å². The highest BCUT2D eigenvalue weighted by Crippen LogP contribution is 2.27. The van der Waals surface area contributed by atoms with Crippen LogP contribution in [0.3, 0.4) is 0 Å². The molecule has 216 valence electrons. The van der Waals surface area contributed by atoms with E-state index >= 15 is 0 Å². The van der Waals surface area contributed by atoms with E-state index < -0.39 is 23.8 Å². The normalized spacial score (nSPS) is 15.6. The number of carbonyl (C=O) groups excluding carboxylic acids is 3. The minimum Gasteiger partial charge on any atom is -0.444 e. The molecule has 2 N–H and O–H groups in total. The monoisotopic (exact) mass is 539 g/mol. The van der Waals surface area contributed by atoms with Crippen LogP contribution in [0.1, 0.15) is 116 Å². The Bertz CT molecular complexity index is 969. The van der Waals surface area contributed by atoms with Gasteiger partial charge in [0.15, 0.2) is 0 Å². The number of terminal acetylenes is 1. The average molecular weight is 540 g/mol. The van der Waals surface area contributed by atoms with Gasteiger partial charge in [0.1, 0.15) is 17.7 Å². The predicted molar refractivity (Wildman–Crippen MR) is 156 cm³/mol. The van der Waals surface area contributed by atoms with Gasteiger partial charge in [0, 0.05) is 18.2 Å². The Morgan fingerprint density at radius 3 is 2.26 bits per heavy atom. The van der Waals surface area contributed by atoms with Crippen molar-refractivity contribution in [1.82, 2.24) is 15.5 Å². The molecule has 1 aliphatic carbocycles. The Balaban J connectivity index is 2.48. The van der Waals surface area contributed by atoms with Gasteiger partial charge in [-0.3, -0.25) is 9.59 Å². The largest absolute Gasteiger partial charge is 0.444 e. The lowest BCUT2D eigenvalue weighted by atomic mass is 9.94. The third-order valence-corrected chi connectivity index (χ3v) is 6.89. The second kappa shape index (κ2) is 15.5. The zero-order valence-corrected chi connectivity index (χ0v) is 24.8. The van der Waals surface area contributed by atoms with Crippen LogP contribution in [0.5, 0.6) is 0 Å². The first-order chi connectivity index (χ1) is 18.4. The van der Waals surface area contributed by atoms with Gasteiger partial charge in [-0.15, -0.1) is 6.42 Å². The van der Waals surface area contributed by atoms with Crippen molar-refractivity contribution in [1.29, 1.82) is 0 Å². The van der Waals surface area contributed by atoms with Gasteiger partial charge < -0.3 is 20.3 Å². The molecule has 2 rings (SSSR count). The van der Waals surface area contributed by atoms with Gasteiger partial charge in [-0.25, -0.2) is 4.79 Å². The Hall–Kier alpha value is -3.01. The van der Waals surface area contributed by atoms with E-state index in [4.69, 9.17) is 11.2 Å². The molecule has 0 spiro atoms. The van der Waals surface area contributed by atoms with Crippen LogP contribution in [-0.2, 0) is 14.3 Å². The highest BCUT2D eigenvalue weighted by molar-refractivity contribution is 5.92. The van der Waals surface area contributed by atoms with Crippen molar-refractivity contribution in [2.45, 2.75) is 123 Å². The molecule has 1 aliphatic rings. The van der Waals surface area contributed by atoms with Crippen LogP contribution in [-0.4, -0.2) is 47.0 Å². The molecule has 1 aromatic carbocycles. The second-order valence-corrected chi connectivity index (χ2v) is 12.1. The van der Waals surface area contributed by atoms with Crippen molar-refractivity contribution >= 4 is 17.9 Å². The van der Waals surface area contributed by atoms with Crippen LogP contribution in [0.4, 0.5) is 4.79 Å². The maximum absolute atomic E-state index is 14.3. The lowest BCUT2D eigenvalue weighted by Gasteiger charge is -2.36. The lowest BCUT2D eigenvalue weighted by molar-refractivity contribution is -0.143. The number of alkyl carbamates (subject to hydrolysis) is 1. The van der Waals surface area contributed by atoms with E-state index in [0.29, 0.717) is 24.1 Å². The van der Waals surface area contributed by atoms with Crippen molar-refractivity contribution < 1.29 is 19.1 Å². The van der Waals surface area contributed by atoms with E-state index in [-0.39, 0.29) is 23.8 Å². The summed E-state index contributed by atoms with van der Waals surface area (Å²) in [6, 6.07) is 5.70. The fourth-order valence-electron chi connectivity index (χ4n) is 5.00. The second-order valence-electron chi connectivity index (χ2n) is 12.1. The fraction of sp³-hybridized carbons (Fsp3) is 0.656. The summed E-state index contributed by atoms with van der Waals surface area (Å²) < 4.78 is 5.48. The van der Waals surface area contributed by atoms with Crippen molar-refractivity contribution in [2.24, 2.45) is 5.92 Å². The summed E-state index contributed by atoms with van der Waals surface area (Å²) in [5, 5.41) is 6.05. The molecule has 7 heteroatoms. The van der Waals surface area contributed by atoms with Gasteiger partial charge in [-0.2, -0.15) is 0 Å². The third kappa shape index (κ3) is 10.9. The summed E-state index contributed by atoms with van der Waals surface area (Å²) in [5.74, 6) is 2.28. The van der Waals surface area contributed by atoms with Crippen molar-refractivity contribution in [2.75, 3.05) is 6.54 Å². The Labute approximate surface area is 235 Å². The van der Waals surface area contributed by atoms with Gasteiger partial charge >= 0.3 is 6.09 Å². The summed E-state index contributed by atoms with van der Waals surface area (Å²) in [6.07, 6.45) is 13.2. The molecular formula is C32H49N3O4. The van der Waals surface area contributed by atoms with E-state index in [1.54, 1.807) is 37.8 Å². The molecule has 0 heterocycles. The molecule has 7 nitrogen and oxygen atoms in total. The average Bonchev–Trinajstić information content (AvgIpc) is 2.87. The molecule has 0 aliphatic heterocycles. The molecule has 0 saturated heterocycles.